The number of allylic oxidation sites excluding steroid dienone is 24. The molecule has 0 fully saturated rings. The molecule has 0 radical (unpaired) electrons. The van der Waals surface area contributed by atoms with Crippen LogP contribution in [0.15, 0.2) is 146 Å². The predicted octanol–water partition coefficient (Wildman–Crippen LogP) is 13.2. The Labute approximate surface area is 402 Å². The summed E-state index contributed by atoms with van der Waals surface area (Å²) in [7, 11) is 5.36. The van der Waals surface area contributed by atoms with Crippen molar-refractivity contribution in [3.05, 3.63) is 146 Å². The van der Waals surface area contributed by atoms with E-state index in [-0.39, 0.29) is 55.5 Å². The highest BCUT2D eigenvalue weighted by molar-refractivity contribution is 5.70. The van der Waals surface area contributed by atoms with Crippen molar-refractivity contribution in [1.82, 2.24) is 0 Å². The maximum absolute atomic E-state index is 12.8. The zero-order valence-corrected chi connectivity index (χ0v) is 41.8. The smallest absolute Gasteiger partial charge is 0.306 e. The Morgan fingerprint density at radius 2 is 0.818 bits per heavy atom. The van der Waals surface area contributed by atoms with Gasteiger partial charge in [0.25, 0.3) is 0 Å². The number of esters is 2. The fourth-order valence-electron chi connectivity index (χ4n) is 6.20. The summed E-state index contributed by atoms with van der Waals surface area (Å²) in [5.41, 5.74) is 0. The van der Waals surface area contributed by atoms with Gasteiger partial charge in [-0.25, -0.2) is 0 Å². The highest BCUT2D eigenvalue weighted by atomic mass is 16.6. The first-order valence-corrected chi connectivity index (χ1v) is 24.9. The third kappa shape index (κ3) is 44.4. The average Bonchev–Trinajstić information content (AvgIpc) is 3.28. The first-order chi connectivity index (χ1) is 32.1. The van der Waals surface area contributed by atoms with Crippen LogP contribution in [-0.4, -0.2) is 75.5 Å². The lowest BCUT2D eigenvalue weighted by molar-refractivity contribution is -0.889. The van der Waals surface area contributed by atoms with Crippen LogP contribution in [0, 0.1) is 0 Å². The van der Waals surface area contributed by atoms with Crippen LogP contribution in [0.3, 0.4) is 0 Å². The van der Waals surface area contributed by atoms with Crippen molar-refractivity contribution in [3.8, 4) is 0 Å². The number of likely N-dealkylation sites (N-methyl/N-ethyl adjacent to an activating group) is 1. The van der Waals surface area contributed by atoms with E-state index >= 15 is 0 Å². The van der Waals surface area contributed by atoms with E-state index in [4.69, 9.17) is 14.2 Å². The quantitative estimate of drug-likeness (QED) is 0.0260. The van der Waals surface area contributed by atoms with Crippen LogP contribution < -0.4 is 5.11 Å². The van der Waals surface area contributed by atoms with E-state index in [0.29, 0.717) is 12.8 Å². The van der Waals surface area contributed by atoms with Gasteiger partial charge in [-0.1, -0.05) is 166 Å². The number of quaternary nitrogens is 1. The van der Waals surface area contributed by atoms with Crippen LogP contribution in [0.1, 0.15) is 149 Å². The summed E-state index contributed by atoms with van der Waals surface area (Å²) in [4.78, 5) is 37.0. The van der Waals surface area contributed by atoms with Crippen molar-refractivity contribution >= 4 is 17.9 Å². The second-order valence-electron chi connectivity index (χ2n) is 16.9. The number of hydrogen-bond acceptors (Lipinski definition) is 7. The van der Waals surface area contributed by atoms with Gasteiger partial charge in [-0.15, -0.1) is 0 Å². The summed E-state index contributed by atoms with van der Waals surface area (Å²) < 4.78 is 17.1. The van der Waals surface area contributed by atoms with Crippen molar-refractivity contribution in [1.29, 1.82) is 0 Å². The molecular weight excluding hydrogens is 823 g/mol. The fourth-order valence-corrected chi connectivity index (χ4v) is 6.20. The van der Waals surface area contributed by atoms with E-state index in [1.54, 1.807) is 21.1 Å². The second-order valence-corrected chi connectivity index (χ2v) is 16.9. The molecule has 0 saturated carbocycles. The number of carbonyl (C=O) groups excluding carboxylic acids is 3. The van der Waals surface area contributed by atoms with Gasteiger partial charge in [0, 0.05) is 19.3 Å². The van der Waals surface area contributed by atoms with E-state index in [9.17, 15) is 19.5 Å². The highest BCUT2D eigenvalue weighted by Crippen LogP contribution is 2.11. The van der Waals surface area contributed by atoms with Crippen LogP contribution in [0.4, 0.5) is 0 Å². The molecule has 0 amide bonds. The number of ether oxygens (including phenoxy) is 3. The van der Waals surface area contributed by atoms with Crippen molar-refractivity contribution in [2.75, 3.05) is 41.0 Å². The topological polar surface area (TPSA) is 102 Å². The monoisotopic (exact) mass is 912 g/mol. The van der Waals surface area contributed by atoms with Gasteiger partial charge in [0.05, 0.1) is 40.3 Å². The van der Waals surface area contributed by atoms with Crippen LogP contribution in [0.5, 0.6) is 0 Å². The molecule has 0 bridgehead atoms. The third-order valence-electron chi connectivity index (χ3n) is 9.97. The summed E-state index contributed by atoms with van der Waals surface area (Å²) in [5, 5.41) is 11.7. The molecule has 0 spiro atoms. The molecule has 0 aromatic rings. The predicted molar refractivity (Wildman–Crippen MR) is 276 cm³/mol. The van der Waals surface area contributed by atoms with Gasteiger partial charge in [-0.3, -0.25) is 9.59 Å². The van der Waals surface area contributed by atoms with E-state index in [1.807, 2.05) is 0 Å². The lowest BCUT2D eigenvalue weighted by Gasteiger charge is -2.34. The van der Waals surface area contributed by atoms with Gasteiger partial charge < -0.3 is 28.6 Å². The van der Waals surface area contributed by atoms with Crippen LogP contribution in [0.2, 0.25) is 0 Å². The van der Waals surface area contributed by atoms with Crippen molar-refractivity contribution in [3.63, 3.8) is 0 Å². The van der Waals surface area contributed by atoms with Crippen molar-refractivity contribution in [2.45, 2.75) is 161 Å². The Morgan fingerprint density at radius 3 is 1.20 bits per heavy atom. The van der Waals surface area contributed by atoms with Crippen molar-refractivity contribution < 1.29 is 38.2 Å². The molecule has 2 atom stereocenters. The standard InChI is InChI=1S/C58H89NO7/c1-6-8-10-12-14-16-18-20-22-24-26-28-29-31-32-34-36-38-40-42-44-46-48-56(60)65-53-54(52-64-51-50-55(58(62)63)59(3,4)5)66-57(61)49-47-45-43-41-39-37-35-33-30-27-25-23-21-19-17-15-13-11-9-7-2/h8-11,14-17,20-23,26-28,30-32,35-38,41,43,54-55H,6-7,12-13,18-19,24-25,29,33-34,39-40,42,44-53H2,1-5H3/b10-8+,11-9+,16-14+,17-15+,22-20+,23-21+,28-26+,30-27+,32-31+,37-35+,38-36+,43-41+. The molecule has 0 N–H and O–H groups in total. The number of carboxylic acids is 1. The SMILES string of the molecule is CC/C=C/C/C=C/C/C=C/C/C=C/C/C=C/C/C=C/CCCCCC(=O)OCC(COCCC(C(=O)[O-])[N+](C)(C)C)OC(=O)CCC/C=C/C/C=C/C/C=C/C/C=C/C/C=C/C/C=C/CC. The minimum Gasteiger partial charge on any atom is -0.544 e. The van der Waals surface area contributed by atoms with Gasteiger partial charge in [-0.05, 0) is 109 Å². The van der Waals surface area contributed by atoms with Gasteiger partial charge in [0.1, 0.15) is 12.6 Å². The number of nitrogens with zero attached hydrogens (tertiary/aromatic N) is 1. The molecule has 0 aromatic carbocycles. The zero-order chi connectivity index (χ0) is 48.4. The Hall–Kier alpha value is -4.79. The largest absolute Gasteiger partial charge is 0.544 e. The van der Waals surface area contributed by atoms with Crippen LogP contribution >= 0.6 is 0 Å². The average molecular weight is 912 g/mol. The number of rotatable bonds is 42. The molecule has 0 aliphatic carbocycles. The Balaban J connectivity index is 4.48. The van der Waals surface area contributed by atoms with Gasteiger partial charge >= 0.3 is 11.9 Å². The highest BCUT2D eigenvalue weighted by Gasteiger charge is 2.25. The molecule has 0 rings (SSSR count). The van der Waals surface area contributed by atoms with Crippen molar-refractivity contribution in [2.24, 2.45) is 0 Å². The Kier molecular flexibility index (Phi) is 43.3. The Bertz CT molecular complexity index is 1580. The number of carboxylic acid groups (broad SMARTS) is 1. The zero-order valence-electron chi connectivity index (χ0n) is 41.8. The Morgan fingerprint density at radius 1 is 0.455 bits per heavy atom. The lowest BCUT2D eigenvalue weighted by Crippen LogP contribution is -2.55. The van der Waals surface area contributed by atoms with Gasteiger partial charge in [0.2, 0.25) is 0 Å². The molecule has 8 nitrogen and oxygen atoms in total. The molecule has 66 heavy (non-hydrogen) atoms. The molecule has 2 unspecified atom stereocenters. The number of hydrogen-bond donors (Lipinski definition) is 0. The molecule has 0 saturated heterocycles. The summed E-state index contributed by atoms with van der Waals surface area (Å²) >= 11 is 0. The second kappa shape index (κ2) is 46.7. The fraction of sp³-hybridized carbons (Fsp3) is 0.534. The van der Waals surface area contributed by atoms with Gasteiger partial charge in [0.15, 0.2) is 6.10 Å². The van der Waals surface area contributed by atoms with E-state index in [2.05, 4.69) is 160 Å². The maximum Gasteiger partial charge on any atom is 0.306 e. The first kappa shape index (κ1) is 61.2. The first-order valence-electron chi connectivity index (χ1n) is 24.9. The molecule has 0 heterocycles. The minimum absolute atomic E-state index is 0.00492. The molecule has 0 aromatic heterocycles. The van der Waals surface area contributed by atoms with Gasteiger partial charge in [-0.2, -0.15) is 0 Å². The summed E-state index contributed by atoms with van der Waals surface area (Å²) in [6.45, 7) is 4.31. The molecular formula is C58H89NO7. The summed E-state index contributed by atoms with van der Waals surface area (Å²) in [6.07, 6.45) is 68.9. The van der Waals surface area contributed by atoms with E-state index in [1.165, 1.54) is 0 Å². The van der Waals surface area contributed by atoms with E-state index in [0.717, 1.165) is 103 Å². The maximum atomic E-state index is 12.8. The normalized spacial score (nSPS) is 14.1. The minimum atomic E-state index is -1.15. The number of aliphatic carboxylic acids is 1. The molecule has 0 aliphatic heterocycles. The molecule has 8 heteroatoms. The number of unbranched alkanes of at least 4 members (excludes halogenated alkanes) is 4. The lowest BCUT2D eigenvalue weighted by atomic mass is 10.1. The summed E-state index contributed by atoms with van der Waals surface area (Å²) in [6, 6.07) is -0.753. The molecule has 368 valence electrons. The number of carbonyl (C=O) groups is 3. The van der Waals surface area contributed by atoms with Crippen LogP contribution in [0.25, 0.3) is 0 Å². The van der Waals surface area contributed by atoms with E-state index < -0.39 is 18.1 Å². The van der Waals surface area contributed by atoms with Crippen LogP contribution in [-0.2, 0) is 28.6 Å². The third-order valence-corrected chi connectivity index (χ3v) is 9.97. The summed E-state index contributed by atoms with van der Waals surface area (Å²) in [5.74, 6) is -1.88. The molecule has 0 aliphatic rings.